The normalized spacial score (nSPS) is 9.97. The average molecular weight is 416 g/mol. The first-order chi connectivity index (χ1) is 14.9. The second-order valence-corrected chi connectivity index (χ2v) is 6.52. The Kier molecular flexibility index (Phi) is 6.74. The lowest BCUT2D eigenvalue weighted by Crippen LogP contribution is -2.56. The maximum atomic E-state index is 13.1. The number of carbonyl (C=O) groups is 4. The highest BCUT2D eigenvalue weighted by Gasteiger charge is 2.22. The predicted octanol–water partition coefficient (Wildman–Crippen LogP) is 2.78. The number of anilines is 1. The molecule has 0 heterocycles. The van der Waals surface area contributed by atoms with Crippen LogP contribution in [0.3, 0.4) is 0 Å². The molecule has 0 spiro atoms. The Bertz CT molecular complexity index is 1050. The minimum atomic E-state index is -0.694. The van der Waals surface area contributed by atoms with Crippen LogP contribution < -0.4 is 16.2 Å². The fraction of sp³-hybridized carbons (Fsp3) is 0.0435. The topological polar surface area (TPSA) is 108 Å². The number of carbonyl (C=O) groups excluding carboxylic acids is 4. The van der Waals surface area contributed by atoms with E-state index in [-0.39, 0.29) is 11.5 Å². The van der Waals surface area contributed by atoms with Gasteiger partial charge < -0.3 is 5.32 Å². The van der Waals surface area contributed by atoms with Gasteiger partial charge in [-0.15, -0.1) is 0 Å². The van der Waals surface area contributed by atoms with Gasteiger partial charge in [-0.1, -0.05) is 42.5 Å². The minimum absolute atomic E-state index is 0.146. The second-order valence-electron chi connectivity index (χ2n) is 6.52. The van der Waals surface area contributed by atoms with Gasteiger partial charge in [0.1, 0.15) is 0 Å². The lowest BCUT2D eigenvalue weighted by molar-refractivity contribution is -0.114. The number of benzene rings is 3. The van der Waals surface area contributed by atoms with Crippen LogP contribution in [0, 0.1) is 0 Å². The molecule has 0 aliphatic heterocycles. The summed E-state index contributed by atoms with van der Waals surface area (Å²) in [4.78, 5) is 49.6. The van der Waals surface area contributed by atoms with Gasteiger partial charge in [0, 0.05) is 29.3 Å². The summed E-state index contributed by atoms with van der Waals surface area (Å²) in [5, 5.41) is 3.32. The third kappa shape index (κ3) is 5.77. The predicted molar refractivity (Wildman–Crippen MR) is 115 cm³/mol. The Balaban J connectivity index is 1.87. The molecule has 0 atom stereocenters. The van der Waals surface area contributed by atoms with Crippen molar-refractivity contribution in [2.75, 3.05) is 5.32 Å². The molecule has 0 aliphatic carbocycles. The first kappa shape index (κ1) is 21.3. The second kappa shape index (κ2) is 9.84. The number of nitrogens with one attached hydrogen (secondary N) is 3. The van der Waals surface area contributed by atoms with Crippen LogP contribution in [-0.2, 0) is 4.79 Å². The van der Waals surface area contributed by atoms with Gasteiger partial charge in [0.15, 0.2) is 0 Å². The van der Waals surface area contributed by atoms with Gasteiger partial charge in [0.2, 0.25) is 5.91 Å². The van der Waals surface area contributed by atoms with Crippen molar-refractivity contribution in [2.45, 2.75) is 6.92 Å². The molecule has 0 fully saturated rings. The maximum absolute atomic E-state index is 13.1. The first-order valence-electron chi connectivity index (χ1n) is 9.38. The largest absolute Gasteiger partial charge is 0.326 e. The summed E-state index contributed by atoms with van der Waals surface area (Å²) >= 11 is 0. The van der Waals surface area contributed by atoms with Gasteiger partial charge in [-0.2, -0.15) is 5.12 Å². The molecule has 8 nitrogen and oxygen atoms in total. The molecule has 3 aromatic rings. The van der Waals surface area contributed by atoms with Gasteiger partial charge in [-0.05, 0) is 42.5 Å². The van der Waals surface area contributed by atoms with Crippen LogP contribution in [0.5, 0.6) is 0 Å². The van der Waals surface area contributed by atoms with E-state index in [4.69, 9.17) is 0 Å². The number of hydrogen-bond acceptors (Lipinski definition) is 4. The molecule has 0 aromatic heterocycles. The molecular formula is C23H20N4O4. The fourth-order valence-electron chi connectivity index (χ4n) is 2.70. The zero-order chi connectivity index (χ0) is 22.2. The Labute approximate surface area is 178 Å². The third-order valence-electron chi connectivity index (χ3n) is 4.13. The Hall–Kier alpha value is -4.46. The molecule has 156 valence electrons. The van der Waals surface area contributed by atoms with Gasteiger partial charge in [0.05, 0.1) is 0 Å². The summed E-state index contributed by atoms with van der Waals surface area (Å²) in [6, 6.07) is 22.7. The Morgan fingerprint density at radius 2 is 1.13 bits per heavy atom. The third-order valence-corrected chi connectivity index (χ3v) is 4.13. The lowest BCUT2D eigenvalue weighted by Gasteiger charge is -2.24. The SMILES string of the molecule is CC(=O)Nc1cccc(C(=O)N(NC(=O)c2ccccc2)NC(=O)c2ccccc2)c1. The Morgan fingerprint density at radius 1 is 0.645 bits per heavy atom. The zero-order valence-electron chi connectivity index (χ0n) is 16.7. The van der Waals surface area contributed by atoms with E-state index >= 15 is 0 Å². The Morgan fingerprint density at radius 3 is 1.61 bits per heavy atom. The quantitative estimate of drug-likeness (QED) is 0.569. The molecule has 0 saturated heterocycles. The van der Waals surface area contributed by atoms with Crippen LogP contribution in [0.25, 0.3) is 0 Å². The first-order valence-corrected chi connectivity index (χ1v) is 9.38. The molecular weight excluding hydrogens is 396 g/mol. The van der Waals surface area contributed by atoms with E-state index < -0.39 is 17.7 Å². The molecule has 3 aromatic carbocycles. The van der Waals surface area contributed by atoms with Crippen molar-refractivity contribution >= 4 is 29.3 Å². The van der Waals surface area contributed by atoms with Gasteiger partial charge >= 0.3 is 0 Å². The molecule has 4 amide bonds. The van der Waals surface area contributed by atoms with Gasteiger partial charge in [-0.3, -0.25) is 19.2 Å². The van der Waals surface area contributed by atoms with Crippen LogP contribution in [0.4, 0.5) is 5.69 Å². The van der Waals surface area contributed by atoms with Crippen molar-refractivity contribution in [1.82, 2.24) is 16.0 Å². The van der Waals surface area contributed by atoms with E-state index in [2.05, 4.69) is 16.2 Å². The van der Waals surface area contributed by atoms with Crippen molar-refractivity contribution in [1.29, 1.82) is 0 Å². The van der Waals surface area contributed by atoms with E-state index in [0.717, 1.165) is 5.12 Å². The fourth-order valence-corrected chi connectivity index (χ4v) is 2.70. The molecule has 0 unspecified atom stereocenters. The minimum Gasteiger partial charge on any atom is -0.326 e. The number of hydrogen-bond donors (Lipinski definition) is 3. The molecule has 0 radical (unpaired) electrons. The molecule has 8 heteroatoms. The van der Waals surface area contributed by atoms with Crippen molar-refractivity contribution < 1.29 is 19.2 Å². The summed E-state index contributed by atoms with van der Waals surface area (Å²) in [5.41, 5.74) is 6.00. The average Bonchev–Trinajstić information content (AvgIpc) is 2.79. The van der Waals surface area contributed by atoms with E-state index in [1.54, 1.807) is 72.8 Å². The van der Waals surface area contributed by atoms with Crippen LogP contribution in [0.1, 0.15) is 38.0 Å². The number of amides is 4. The molecule has 3 N–H and O–H groups in total. The molecule has 0 bridgehead atoms. The van der Waals surface area contributed by atoms with E-state index in [0.29, 0.717) is 16.8 Å². The zero-order valence-corrected chi connectivity index (χ0v) is 16.7. The van der Waals surface area contributed by atoms with Gasteiger partial charge in [0.25, 0.3) is 17.7 Å². The van der Waals surface area contributed by atoms with E-state index in [1.165, 1.54) is 19.1 Å². The number of nitrogens with zero attached hydrogens (tertiary/aromatic N) is 1. The monoisotopic (exact) mass is 416 g/mol. The van der Waals surface area contributed by atoms with Crippen molar-refractivity contribution in [2.24, 2.45) is 0 Å². The summed E-state index contributed by atoms with van der Waals surface area (Å²) < 4.78 is 0. The lowest BCUT2D eigenvalue weighted by atomic mass is 10.2. The smallest absolute Gasteiger partial charge is 0.291 e. The number of rotatable bonds is 4. The highest BCUT2D eigenvalue weighted by molar-refractivity contribution is 6.02. The molecule has 3 rings (SSSR count). The van der Waals surface area contributed by atoms with Crippen molar-refractivity contribution in [3.8, 4) is 0 Å². The van der Waals surface area contributed by atoms with Crippen LogP contribution in [0.15, 0.2) is 84.9 Å². The highest BCUT2D eigenvalue weighted by Crippen LogP contribution is 2.12. The molecule has 31 heavy (non-hydrogen) atoms. The van der Waals surface area contributed by atoms with Crippen molar-refractivity contribution in [3.05, 3.63) is 102 Å². The summed E-state index contributed by atoms with van der Waals surface area (Å²) in [6.45, 7) is 1.35. The maximum Gasteiger partial charge on any atom is 0.291 e. The highest BCUT2D eigenvalue weighted by atomic mass is 16.2. The summed E-state index contributed by atoms with van der Waals surface area (Å²) in [7, 11) is 0. The summed E-state index contributed by atoms with van der Waals surface area (Å²) in [5.74, 6) is -2.15. The molecule has 0 aliphatic rings. The van der Waals surface area contributed by atoms with Crippen LogP contribution in [0.2, 0.25) is 0 Å². The van der Waals surface area contributed by atoms with E-state index in [1.807, 2.05) is 0 Å². The van der Waals surface area contributed by atoms with Gasteiger partial charge in [-0.25, -0.2) is 10.9 Å². The van der Waals surface area contributed by atoms with Crippen LogP contribution >= 0.6 is 0 Å². The van der Waals surface area contributed by atoms with E-state index in [9.17, 15) is 19.2 Å². The van der Waals surface area contributed by atoms with Crippen LogP contribution in [-0.4, -0.2) is 28.7 Å². The summed E-state index contributed by atoms with van der Waals surface area (Å²) in [6.07, 6.45) is 0. The van der Waals surface area contributed by atoms with Crippen molar-refractivity contribution in [3.63, 3.8) is 0 Å². The standard InChI is InChI=1S/C23H20N4O4/c1-16(28)24-20-14-8-13-19(15-20)23(31)27(25-21(29)17-9-4-2-5-10-17)26-22(30)18-11-6-3-7-12-18/h2-15H,1H3,(H,24,28)(H,25,29)(H,26,30). The number of hydrazine groups is 2. The molecule has 0 saturated carbocycles.